The van der Waals surface area contributed by atoms with E-state index in [-0.39, 0.29) is 5.91 Å². The molecule has 1 fully saturated rings. The van der Waals surface area contributed by atoms with Gasteiger partial charge in [-0.3, -0.25) is 4.79 Å². The van der Waals surface area contributed by atoms with Crippen LogP contribution in [0.3, 0.4) is 0 Å². The molecular weight excluding hydrogens is 268 g/mol. The Hall–Kier alpha value is -2.08. The van der Waals surface area contributed by atoms with Gasteiger partial charge in [0.05, 0.1) is 0 Å². The fourth-order valence-electron chi connectivity index (χ4n) is 2.63. The van der Waals surface area contributed by atoms with Crippen LogP contribution in [0.1, 0.15) is 29.8 Å². The van der Waals surface area contributed by atoms with Gasteiger partial charge in [0.25, 0.3) is 5.91 Å². The minimum atomic E-state index is -0.557. The Kier molecular flexibility index (Phi) is 4.80. The summed E-state index contributed by atoms with van der Waals surface area (Å²) in [7, 11) is 0. The number of piperazine rings is 1. The lowest BCUT2D eigenvalue weighted by Crippen LogP contribution is -2.55. The van der Waals surface area contributed by atoms with Crippen molar-refractivity contribution >= 4 is 11.9 Å². The quantitative estimate of drug-likeness (QED) is 0.765. The first-order valence-electron chi connectivity index (χ1n) is 7.13. The first-order chi connectivity index (χ1) is 9.95. The second-order valence-corrected chi connectivity index (χ2v) is 5.59. The molecule has 0 aliphatic carbocycles. The molecule has 1 aliphatic heterocycles. The molecule has 0 unspecified atom stereocenters. The van der Waals surface area contributed by atoms with E-state index in [4.69, 9.17) is 5.73 Å². The Bertz CT molecular complexity index is 505. The minimum absolute atomic E-state index is 0.0459. The number of carbonyl (C=O) groups excluding carboxylic acids is 2. The predicted octanol–water partition coefficient (Wildman–Crippen LogP) is 0.677. The van der Waals surface area contributed by atoms with Gasteiger partial charge in [0.2, 0.25) is 0 Å². The first-order valence-corrected chi connectivity index (χ1v) is 7.13. The van der Waals surface area contributed by atoms with E-state index in [1.165, 1.54) is 0 Å². The summed E-state index contributed by atoms with van der Waals surface area (Å²) in [5.74, 6) is 0.0459. The number of nitrogens with one attached hydrogen (secondary N) is 2. The van der Waals surface area contributed by atoms with Gasteiger partial charge in [0, 0.05) is 37.3 Å². The third kappa shape index (κ3) is 4.19. The molecule has 21 heavy (non-hydrogen) atoms. The SMILES string of the molecule is C[C@@H]1CN(C(=O)c2ccc(CNC(N)=O)cc2)C[C@@H](C)N1. The van der Waals surface area contributed by atoms with Gasteiger partial charge in [0.15, 0.2) is 0 Å². The van der Waals surface area contributed by atoms with Crippen LogP contribution >= 0.6 is 0 Å². The van der Waals surface area contributed by atoms with Crippen LogP contribution < -0.4 is 16.4 Å². The van der Waals surface area contributed by atoms with Crippen LogP contribution in [-0.4, -0.2) is 42.0 Å². The summed E-state index contributed by atoms with van der Waals surface area (Å²) in [6.07, 6.45) is 0. The van der Waals surface area contributed by atoms with Gasteiger partial charge in [0.1, 0.15) is 0 Å². The Balaban J connectivity index is 2.00. The monoisotopic (exact) mass is 290 g/mol. The van der Waals surface area contributed by atoms with Crippen molar-refractivity contribution in [2.75, 3.05) is 13.1 Å². The molecule has 0 saturated carbocycles. The van der Waals surface area contributed by atoms with Crippen LogP contribution in [0, 0.1) is 0 Å². The van der Waals surface area contributed by atoms with Gasteiger partial charge in [-0.05, 0) is 31.5 Å². The largest absolute Gasteiger partial charge is 0.352 e. The number of hydrogen-bond donors (Lipinski definition) is 3. The van der Waals surface area contributed by atoms with Crippen molar-refractivity contribution < 1.29 is 9.59 Å². The van der Waals surface area contributed by atoms with Gasteiger partial charge in [-0.15, -0.1) is 0 Å². The number of carbonyl (C=O) groups is 2. The highest BCUT2D eigenvalue weighted by Gasteiger charge is 2.25. The number of urea groups is 1. The normalized spacial score (nSPS) is 21.9. The van der Waals surface area contributed by atoms with Gasteiger partial charge in [-0.25, -0.2) is 4.79 Å². The van der Waals surface area contributed by atoms with E-state index in [0.717, 1.165) is 5.56 Å². The Morgan fingerprint density at radius 3 is 2.33 bits per heavy atom. The van der Waals surface area contributed by atoms with Crippen molar-refractivity contribution in [2.24, 2.45) is 5.73 Å². The molecular formula is C15H22N4O2. The average Bonchev–Trinajstić information content (AvgIpc) is 2.44. The number of nitrogens with two attached hydrogens (primary N) is 1. The van der Waals surface area contributed by atoms with E-state index in [1.807, 2.05) is 17.0 Å². The molecule has 1 aliphatic rings. The van der Waals surface area contributed by atoms with E-state index in [0.29, 0.717) is 37.3 Å². The molecule has 4 N–H and O–H groups in total. The summed E-state index contributed by atoms with van der Waals surface area (Å²) in [5.41, 5.74) is 6.60. The predicted molar refractivity (Wildman–Crippen MR) is 80.8 cm³/mol. The molecule has 6 nitrogen and oxygen atoms in total. The molecule has 114 valence electrons. The molecule has 1 heterocycles. The van der Waals surface area contributed by atoms with Crippen molar-refractivity contribution in [3.05, 3.63) is 35.4 Å². The molecule has 6 heteroatoms. The maximum atomic E-state index is 12.5. The van der Waals surface area contributed by atoms with Gasteiger partial charge < -0.3 is 21.3 Å². The van der Waals surface area contributed by atoms with Gasteiger partial charge in [-0.1, -0.05) is 12.1 Å². The standard InChI is InChI=1S/C15H22N4O2/c1-10-8-19(9-11(2)18-10)14(20)13-5-3-12(4-6-13)7-17-15(16)21/h3-6,10-11,18H,7-9H2,1-2H3,(H3,16,17,21)/t10-,11-/m1/s1. The number of rotatable bonds is 3. The summed E-state index contributed by atoms with van der Waals surface area (Å²) < 4.78 is 0. The number of benzene rings is 1. The van der Waals surface area contributed by atoms with E-state index < -0.39 is 6.03 Å². The summed E-state index contributed by atoms with van der Waals surface area (Å²) in [6, 6.07) is 7.29. The highest BCUT2D eigenvalue weighted by molar-refractivity contribution is 5.94. The fraction of sp³-hybridized carbons (Fsp3) is 0.467. The Morgan fingerprint density at radius 2 is 1.81 bits per heavy atom. The first kappa shape index (κ1) is 15.3. The van der Waals surface area contributed by atoms with Crippen molar-refractivity contribution in [3.8, 4) is 0 Å². The number of hydrogen-bond acceptors (Lipinski definition) is 3. The molecule has 1 aromatic rings. The maximum Gasteiger partial charge on any atom is 0.312 e. The Labute approximate surface area is 124 Å². The van der Waals surface area contributed by atoms with E-state index >= 15 is 0 Å². The lowest BCUT2D eigenvalue weighted by atomic mass is 10.1. The molecule has 0 aromatic heterocycles. The zero-order valence-corrected chi connectivity index (χ0v) is 12.4. The topological polar surface area (TPSA) is 87.5 Å². The molecule has 1 aromatic carbocycles. The molecule has 2 atom stereocenters. The smallest absolute Gasteiger partial charge is 0.312 e. The highest BCUT2D eigenvalue weighted by Crippen LogP contribution is 2.11. The van der Waals surface area contributed by atoms with Crippen molar-refractivity contribution in [2.45, 2.75) is 32.5 Å². The number of nitrogens with zero attached hydrogens (tertiary/aromatic N) is 1. The third-order valence-electron chi connectivity index (χ3n) is 3.51. The summed E-state index contributed by atoms with van der Waals surface area (Å²) >= 11 is 0. The third-order valence-corrected chi connectivity index (χ3v) is 3.51. The van der Waals surface area contributed by atoms with Gasteiger partial charge in [-0.2, -0.15) is 0 Å². The fourth-order valence-corrected chi connectivity index (χ4v) is 2.63. The zero-order valence-electron chi connectivity index (χ0n) is 12.4. The van der Waals surface area contributed by atoms with Crippen molar-refractivity contribution in [1.29, 1.82) is 0 Å². The maximum absolute atomic E-state index is 12.5. The lowest BCUT2D eigenvalue weighted by molar-refractivity contribution is 0.0674. The van der Waals surface area contributed by atoms with Crippen molar-refractivity contribution in [3.63, 3.8) is 0 Å². The van der Waals surface area contributed by atoms with E-state index in [2.05, 4.69) is 24.5 Å². The number of primary amides is 1. The molecule has 1 saturated heterocycles. The van der Waals surface area contributed by atoms with E-state index in [1.54, 1.807) is 12.1 Å². The minimum Gasteiger partial charge on any atom is -0.352 e. The number of amides is 3. The second kappa shape index (κ2) is 6.58. The summed E-state index contributed by atoms with van der Waals surface area (Å²) in [6.45, 7) is 5.96. The second-order valence-electron chi connectivity index (χ2n) is 5.59. The molecule has 3 amide bonds. The van der Waals surface area contributed by atoms with Crippen LogP contribution in [0.25, 0.3) is 0 Å². The van der Waals surface area contributed by atoms with Crippen LogP contribution in [0.15, 0.2) is 24.3 Å². The molecule has 2 rings (SSSR count). The van der Waals surface area contributed by atoms with Crippen LogP contribution in [0.2, 0.25) is 0 Å². The van der Waals surface area contributed by atoms with Crippen LogP contribution in [-0.2, 0) is 6.54 Å². The highest BCUT2D eigenvalue weighted by atomic mass is 16.2. The van der Waals surface area contributed by atoms with Crippen molar-refractivity contribution in [1.82, 2.24) is 15.5 Å². The summed E-state index contributed by atoms with van der Waals surface area (Å²) in [4.78, 5) is 25.0. The lowest BCUT2D eigenvalue weighted by Gasteiger charge is -2.36. The molecule has 0 bridgehead atoms. The van der Waals surface area contributed by atoms with Crippen LogP contribution in [0.5, 0.6) is 0 Å². The average molecular weight is 290 g/mol. The Morgan fingerprint density at radius 1 is 1.24 bits per heavy atom. The zero-order chi connectivity index (χ0) is 15.4. The summed E-state index contributed by atoms with van der Waals surface area (Å²) in [5, 5.41) is 5.93. The van der Waals surface area contributed by atoms with E-state index in [9.17, 15) is 9.59 Å². The van der Waals surface area contributed by atoms with Gasteiger partial charge >= 0.3 is 6.03 Å². The molecule has 0 spiro atoms. The molecule has 0 radical (unpaired) electrons. The van der Waals surface area contributed by atoms with Crippen LogP contribution in [0.4, 0.5) is 4.79 Å².